The summed E-state index contributed by atoms with van der Waals surface area (Å²) in [5.74, 6) is 0. The zero-order valence-corrected chi connectivity index (χ0v) is 9.32. The van der Waals surface area contributed by atoms with Gasteiger partial charge in [-0.1, -0.05) is 23.7 Å². The highest BCUT2D eigenvalue weighted by atomic mass is 35.5. The van der Waals surface area contributed by atoms with E-state index in [-0.39, 0.29) is 6.61 Å². The summed E-state index contributed by atoms with van der Waals surface area (Å²) in [7, 11) is 0. The van der Waals surface area contributed by atoms with Crippen LogP contribution in [0.1, 0.15) is 5.56 Å². The van der Waals surface area contributed by atoms with E-state index < -0.39 is 0 Å². The summed E-state index contributed by atoms with van der Waals surface area (Å²) in [4.78, 5) is 6.08. The number of hydrogen-bond acceptors (Lipinski definition) is 3. The lowest BCUT2D eigenvalue weighted by atomic mass is 10.2. The lowest BCUT2D eigenvalue weighted by Crippen LogP contribution is -2.26. The van der Waals surface area contributed by atoms with Crippen molar-refractivity contribution in [1.29, 1.82) is 0 Å². The molecule has 1 rings (SSSR count). The fourth-order valence-corrected chi connectivity index (χ4v) is 1.43. The smallest absolute Gasteiger partial charge is 0.129 e. The lowest BCUT2D eigenvalue weighted by molar-refractivity contribution is 0.203. The maximum atomic E-state index is 8.87. The van der Waals surface area contributed by atoms with E-state index in [2.05, 4.69) is 16.5 Å². The van der Waals surface area contributed by atoms with Crippen LogP contribution in [0.3, 0.4) is 0 Å². The van der Waals surface area contributed by atoms with Crippen molar-refractivity contribution in [3.63, 3.8) is 0 Å². The average Bonchev–Trinajstić information content (AvgIpc) is 2.22. The Kier molecular flexibility index (Phi) is 5.32. The van der Waals surface area contributed by atoms with E-state index in [0.717, 1.165) is 18.7 Å². The molecule has 1 aromatic heterocycles. The first-order valence-corrected chi connectivity index (χ1v) is 5.18. The van der Waals surface area contributed by atoms with E-state index in [1.807, 2.05) is 12.1 Å². The molecule has 0 atom stereocenters. The van der Waals surface area contributed by atoms with Gasteiger partial charge in [0.05, 0.1) is 6.61 Å². The molecule has 0 spiro atoms. The van der Waals surface area contributed by atoms with Crippen molar-refractivity contribution in [3.05, 3.63) is 41.7 Å². The lowest BCUT2D eigenvalue weighted by Gasteiger charge is -2.19. The molecule has 0 unspecified atom stereocenters. The number of rotatable bonds is 6. The number of aliphatic hydroxyl groups excluding tert-OH is 1. The Morgan fingerprint density at radius 3 is 2.87 bits per heavy atom. The molecule has 1 aromatic rings. The van der Waals surface area contributed by atoms with Gasteiger partial charge in [-0.25, -0.2) is 4.98 Å². The molecular weight excluding hydrogens is 212 g/mol. The molecule has 0 saturated heterocycles. The highest BCUT2D eigenvalue weighted by Crippen LogP contribution is 2.07. The van der Waals surface area contributed by atoms with Crippen molar-refractivity contribution in [2.24, 2.45) is 0 Å². The summed E-state index contributed by atoms with van der Waals surface area (Å²) in [6.07, 6.45) is 3.56. The van der Waals surface area contributed by atoms with Crippen LogP contribution in [0.15, 0.2) is 31.0 Å². The second-order valence-corrected chi connectivity index (χ2v) is 3.62. The molecule has 1 N–H and O–H groups in total. The van der Waals surface area contributed by atoms with Crippen LogP contribution in [0.5, 0.6) is 0 Å². The highest BCUT2D eigenvalue weighted by molar-refractivity contribution is 6.29. The van der Waals surface area contributed by atoms with Gasteiger partial charge < -0.3 is 5.11 Å². The Hall–Kier alpha value is -0.900. The molecule has 0 aliphatic heterocycles. The molecule has 4 heteroatoms. The van der Waals surface area contributed by atoms with Gasteiger partial charge in [0.1, 0.15) is 5.15 Å². The second-order valence-electron chi connectivity index (χ2n) is 3.24. The molecule has 82 valence electrons. The van der Waals surface area contributed by atoms with Gasteiger partial charge in [-0.05, 0) is 11.6 Å². The van der Waals surface area contributed by atoms with Crippen molar-refractivity contribution in [2.45, 2.75) is 6.54 Å². The fourth-order valence-electron chi connectivity index (χ4n) is 1.32. The number of halogens is 1. The van der Waals surface area contributed by atoms with E-state index in [0.29, 0.717) is 11.7 Å². The fraction of sp³-hybridized carbons (Fsp3) is 0.364. The van der Waals surface area contributed by atoms with E-state index in [1.54, 1.807) is 12.3 Å². The first-order chi connectivity index (χ1) is 7.26. The number of nitrogens with zero attached hydrogens (tertiary/aromatic N) is 2. The quantitative estimate of drug-likeness (QED) is 0.593. The van der Waals surface area contributed by atoms with E-state index in [1.165, 1.54) is 0 Å². The molecule has 0 radical (unpaired) electrons. The third-order valence-electron chi connectivity index (χ3n) is 2.00. The minimum Gasteiger partial charge on any atom is -0.395 e. The summed E-state index contributed by atoms with van der Waals surface area (Å²) < 4.78 is 0. The van der Waals surface area contributed by atoms with Crippen molar-refractivity contribution < 1.29 is 5.11 Å². The number of pyridine rings is 1. The van der Waals surface area contributed by atoms with Gasteiger partial charge in [0, 0.05) is 25.8 Å². The Morgan fingerprint density at radius 2 is 2.33 bits per heavy atom. The Morgan fingerprint density at radius 1 is 1.53 bits per heavy atom. The first-order valence-electron chi connectivity index (χ1n) is 4.81. The Balaban J connectivity index is 2.56. The number of hydrogen-bond donors (Lipinski definition) is 1. The van der Waals surface area contributed by atoms with Crippen molar-refractivity contribution >= 4 is 11.6 Å². The third-order valence-corrected chi connectivity index (χ3v) is 2.22. The van der Waals surface area contributed by atoms with Crippen LogP contribution in [0.25, 0.3) is 0 Å². The van der Waals surface area contributed by atoms with Gasteiger partial charge in [-0.15, -0.1) is 6.58 Å². The molecule has 0 bridgehead atoms. The largest absolute Gasteiger partial charge is 0.395 e. The van der Waals surface area contributed by atoms with Crippen molar-refractivity contribution in [2.75, 3.05) is 19.7 Å². The van der Waals surface area contributed by atoms with E-state index in [4.69, 9.17) is 16.7 Å². The minimum atomic E-state index is 0.148. The molecule has 0 aliphatic rings. The molecular formula is C11H15ClN2O. The average molecular weight is 227 g/mol. The topological polar surface area (TPSA) is 36.4 Å². The zero-order valence-electron chi connectivity index (χ0n) is 8.56. The standard InChI is InChI=1S/C11H15ClN2O/c1-2-5-14(6-7-15)9-10-3-4-11(12)13-8-10/h2-4,8,15H,1,5-7,9H2. The van der Waals surface area contributed by atoms with Crippen LogP contribution in [0.4, 0.5) is 0 Å². The molecule has 1 heterocycles. The molecule has 0 saturated carbocycles. The highest BCUT2D eigenvalue weighted by Gasteiger charge is 2.03. The minimum absolute atomic E-state index is 0.148. The Bertz CT molecular complexity index is 300. The van der Waals surface area contributed by atoms with Crippen LogP contribution in [-0.4, -0.2) is 34.7 Å². The zero-order chi connectivity index (χ0) is 11.1. The van der Waals surface area contributed by atoms with E-state index in [9.17, 15) is 0 Å². The number of aliphatic hydroxyl groups is 1. The molecule has 0 aromatic carbocycles. The summed E-state index contributed by atoms with van der Waals surface area (Å²) in [6.45, 7) is 5.96. The monoisotopic (exact) mass is 226 g/mol. The summed E-state index contributed by atoms with van der Waals surface area (Å²) >= 11 is 5.69. The molecule has 3 nitrogen and oxygen atoms in total. The summed E-state index contributed by atoms with van der Waals surface area (Å²) in [6, 6.07) is 3.70. The molecule has 15 heavy (non-hydrogen) atoms. The van der Waals surface area contributed by atoms with Crippen LogP contribution in [0.2, 0.25) is 5.15 Å². The molecule has 0 amide bonds. The van der Waals surface area contributed by atoms with Gasteiger partial charge in [-0.2, -0.15) is 0 Å². The van der Waals surface area contributed by atoms with Crippen LogP contribution >= 0.6 is 11.6 Å². The molecule has 0 fully saturated rings. The Labute approximate surface area is 95.0 Å². The van der Waals surface area contributed by atoms with Gasteiger partial charge in [-0.3, -0.25) is 4.90 Å². The van der Waals surface area contributed by atoms with Crippen LogP contribution in [-0.2, 0) is 6.54 Å². The molecule has 0 aliphatic carbocycles. The SMILES string of the molecule is C=CCN(CCO)Cc1ccc(Cl)nc1. The van der Waals surface area contributed by atoms with Gasteiger partial charge in [0.2, 0.25) is 0 Å². The van der Waals surface area contributed by atoms with Gasteiger partial charge in [0.15, 0.2) is 0 Å². The maximum Gasteiger partial charge on any atom is 0.129 e. The first kappa shape index (κ1) is 12.2. The normalized spacial score (nSPS) is 10.6. The summed E-state index contributed by atoms with van der Waals surface area (Å²) in [5, 5.41) is 9.37. The van der Waals surface area contributed by atoms with E-state index >= 15 is 0 Å². The van der Waals surface area contributed by atoms with Crippen LogP contribution < -0.4 is 0 Å². The van der Waals surface area contributed by atoms with Crippen molar-refractivity contribution in [1.82, 2.24) is 9.88 Å². The predicted octanol–water partition coefficient (Wildman–Crippen LogP) is 1.72. The van der Waals surface area contributed by atoms with Crippen molar-refractivity contribution in [3.8, 4) is 0 Å². The van der Waals surface area contributed by atoms with Gasteiger partial charge in [0.25, 0.3) is 0 Å². The third kappa shape index (κ3) is 4.42. The second kappa shape index (κ2) is 6.56. The maximum absolute atomic E-state index is 8.87. The van der Waals surface area contributed by atoms with Gasteiger partial charge >= 0.3 is 0 Å². The number of aromatic nitrogens is 1. The summed E-state index contributed by atoms with van der Waals surface area (Å²) in [5.41, 5.74) is 1.08. The predicted molar refractivity (Wildman–Crippen MR) is 61.8 cm³/mol. The van der Waals surface area contributed by atoms with Crippen LogP contribution in [0, 0.1) is 0 Å².